The van der Waals surface area contributed by atoms with Crippen LogP contribution in [-0.2, 0) is 24.7 Å². The van der Waals surface area contributed by atoms with Crippen molar-refractivity contribution in [1.82, 2.24) is 4.90 Å². The third kappa shape index (κ3) is 2.63. The van der Waals surface area contributed by atoms with Crippen LogP contribution in [-0.4, -0.2) is 40.7 Å². The first-order chi connectivity index (χ1) is 14.8. The minimum atomic E-state index is -1.24. The van der Waals surface area contributed by atoms with Crippen molar-refractivity contribution < 1.29 is 29.6 Å². The number of nitrogens with zero attached hydrogens (tertiary/aromatic N) is 1. The van der Waals surface area contributed by atoms with Crippen molar-refractivity contribution in [2.45, 2.75) is 70.0 Å². The molecule has 8 nitrogen and oxygen atoms in total. The van der Waals surface area contributed by atoms with E-state index in [1.165, 1.54) is 4.90 Å². The molecule has 164 valence electrons. The van der Waals surface area contributed by atoms with Gasteiger partial charge in [-0.2, -0.15) is 0 Å². The summed E-state index contributed by atoms with van der Waals surface area (Å²) >= 11 is 0. The predicted molar refractivity (Wildman–Crippen MR) is 107 cm³/mol. The molecule has 3 aliphatic heterocycles. The van der Waals surface area contributed by atoms with Crippen LogP contribution in [0.4, 0.5) is 5.69 Å². The minimum Gasteiger partial charge on any atom is -0.550 e. The van der Waals surface area contributed by atoms with Crippen LogP contribution in [0.3, 0.4) is 0 Å². The number of amides is 3. The zero-order valence-electron chi connectivity index (χ0n) is 17.8. The Balaban J connectivity index is 1.63. The summed E-state index contributed by atoms with van der Waals surface area (Å²) in [4.78, 5) is 53.3. The fourth-order valence-electron chi connectivity index (χ4n) is 6.37. The first kappa shape index (κ1) is 20.2. The molecule has 1 spiro atoms. The van der Waals surface area contributed by atoms with Crippen molar-refractivity contribution in [3.05, 3.63) is 28.8 Å². The Morgan fingerprint density at radius 1 is 1.19 bits per heavy atom. The molecule has 0 radical (unpaired) electrons. The van der Waals surface area contributed by atoms with E-state index in [0.717, 1.165) is 42.4 Å². The number of carboxylic acids is 1. The van der Waals surface area contributed by atoms with Crippen LogP contribution in [0.25, 0.3) is 0 Å². The quantitative estimate of drug-likeness (QED) is 0.628. The number of benzene rings is 1. The average Bonchev–Trinajstić information content (AvgIpc) is 3.46. The molecule has 3 amide bonds. The van der Waals surface area contributed by atoms with Gasteiger partial charge in [-0.05, 0) is 50.3 Å². The van der Waals surface area contributed by atoms with Crippen molar-refractivity contribution in [3.63, 3.8) is 0 Å². The Hall–Kier alpha value is -2.74. The third-order valence-corrected chi connectivity index (χ3v) is 7.98. The number of aryl methyl sites for hydroxylation is 1. The van der Waals surface area contributed by atoms with Crippen LogP contribution in [0.5, 0.6) is 0 Å². The van der Waals surface area contributed by atoms with Gasteiger partial charge < -0.3 is 20.5 Å². The molecule has 1 aliphatic carbocycles. The molecule has 4 atom stereocenters. The maximum atomic E-state index is 13.7. The molecule has 8 heteroatoms. The van der Waals surface area contributed by atoms with Crippen molar-refractivity contribution in [2.24, 2.45) is 11.8 Å². The molecule has 31 heavy (non-hydrogen) atoms. The number of nitrogens with two attached hydrogens (primary N) is 1. The molecule has 3 heterocycles. The highest BCUT2D eigenvalue weighted by Gasteiger charge is 2.74. The smallest absolute Gasteiger partial charge is 0.291 e. The van der Waals surface area contributed by atoms with Gasteiger partial charge in [-0.3, -0.25) is 19.3 Å². The van der Waals surface area contributed by atoms with Crippen LogP contribution >= 0.6 is 0 Å². The number of carbonyl (C=O) groups is 4. The van der Waals surface area contributed by atoms with Gasteiger partial charge in [-0.15, -0.1) is 0 Å². The molecule has 3 fully saturated rings. The Labute approximate surface area is 180 Å². The van der Waals surface area contributed by atoms with E-state index in [1.54, 1.807) is 5.32 Å². The maximum Gasteiger partial charge on any atom is 0.291 e. The highest BCUT2D eigenvalue weighted by Crippen LogP contribution is 2.51. The summed E-state index contributed by atoms with van der Waals surface area (Å²) in [6, 6.07) is 3.22. The predicted octanol–water partition coefficient (Wildman–Crippen LogP) is -0.530. The van der Waals surface area contributed by atoms with Crippen LogP contribution in [0.1, 0.15) is 55.2 Å². The van der Waals surface area contributed by atoms with E-state index < -0.39 is 29.4 Å². The van der Waals surface area contributed by atoms with Gasteiger partial charge in [0.05, 0.1) is 5.69 Å². The first-order valence-electron chi connectivity index (χ1n) is 11.1. The molecule has 1 saturated carbocycles. The van der Waals surface area contributed by atoms with Crippen LogP contribution < -0.4 is 15.7 Å². The monoisotopic (exact) mass is 425 g/mol. The van der Waals surface area contributed by atoms with E-state index >= 15 is 0 Å². The lowest BCUT2D eigenvalue weighted by molar-refractivity contribution is -0.734. The van der Waals surface area contributed by atoms with Gasteiger partial charge in [0.2, 0.25) is 17.4 Å². The molecular formula is C23H27N3O5. The Kier molecular flexibility index (Phi) is 4.48. The van der Waals surface area contributed by atoms with Gasteiger partial charge in [0.1, 0.15) is 17.9 Å². The van der Waals surface area contributed by atoms with Gasteiger partial charge in [-0.1, -0.05) is 18.9 Å². The Morgan fingerprint density at radius 2 is 1.90 bits per heavy atom. The number of anilines is 1. The molecule has 2 saturated heterocycles. The second-order valence-corrected chi connectivity index (χ2v) is 9.48. The minimum absolute atomic E-state index is 0.117. The third-order valence-electron chi connectivity index (χ3n) is 7.98. The van der Waals surface area contributed by atoms with Crippen LogP contribution in [0, 0.1) is 25.7 Å². The van der Waals surface area contributed by atoms with Gasteiger partial charge >= 0.3 is 0 Å². The maximum absolute atomic E-state index is 13.7. The average molecular weight is 425 g/mol. The van der Waals surface area contributed by atoms with Crippen molar-refractivity contribution in [1.29, 1.82) is 0 Å². The summed E-state index contributed by atoms with van der Waals surface area (Å²) in [5, 5.41) is 15.9. The van der Waals surface area contributed by atoms with Crippen LogP contribution in [0.15, 0.2) is 12.1 Å². The molecule has 3 N–H and O–H groups in total. The molecule has 0 unspecified atom stereocenters. The fourth-order valence-corrected chi connectivity index (χ4v) is 6.37. The van der Waals surface area contributed by atoms with Gasteiger partial charge in [0, 0.05) is 24.0 Å². The summed E-state index contributed by atoms with van der Waals surface area (Å²) in [7, 11) is 0. The van der Waals surface area contributed by atoms with E-state index in [0.29, 0.717) is 5.69 Å². The fraction of sp³-hybridized carbons (Fsp3) is 0.565. The number of hydrogen-bond donors (Lipinski definition) is 2. The summed E-state index contributed by atoms with van der Waals surface area (Å²) in [6.07, 6.45) is 3.49. The highest BCUT2D eigenvalue weighted by molar-refractivity contribution is 6.14. The van der Waals surface area contributed by atoms with Crippen molar-refractivity contribution in [3.8, 4) is 0 Å². The number of quaternary nitrogens is 1. The number of nitrogens with one attached hydrogen (secondary N) is 1. The number of rotatable bonds is 4. The lowest BCUT2D eigenvalue weighted by atomic mass is 9.76. The lowest BCUT2D eigenvalue weighted by Crippen LogP contribution is -2.99. The summed E-state index contributed by atoms with van der Waals surface area (Å²) in [5.41, 5.74) is 2.16. The second kappa shape index (κ2) is 6.88. The topological polar surface area (TPSA) is 123 Å². The molecule has 1 aromatic carbocycles. The van der Waals surface area contributed by atoms with Crippen molar-refractivity contribution in [2.75, 3.05) is 5.32 Å². The first-order valence-corrected chi connectivity index (χ1v) is 11.1. The summed E-state index contributed by atoms with van der Waals surface area (Å²) in [6.45, 7) is 3.89. The van der Waals surface area contributed by atoms with Crippen LogP contribution in [0.2, 0.25) is 0 Å². The number of carboxylic acid groups (broad SMARTS) is 1. The number of likely N-dealkylation sites (tertiary alicyclic amines) is 1. The van der Waals surface area contributed by atoms with Gasteiger partial charge in [0.25, 0.3) is 5.91 Å². The number of hydrogen-bond acceptors (Lipinski definition) is 5. The Morgan fingerprint density at radius 3 is 2.58 bits per heavy atom. The standard InChI is InChI=1S/C23H27N3O5/c1-11-7-8-14-19(12(11)2)24-22(31)23(14)18-17(15(25-23)9-10-16(27)28)20(29)26(21(18)30)13-5-3-4-6-13/h7-8,13,15,17-18,25H,3-6,9-10H2,1-2H3,(H,24,31)(H,27,28)/t15-,17+,18-,23-/m0/s1. The van der Waals surface area contributed by atoms with E-state index in [4.69, 9.17) is 0 Å². The van der Waals surface area contributed by atoms with Gasteiger partial charge in [-0.25, -0.2) is 0 Å². The number of carbonyl (C=O) groups excluding carboxylic acids is 4. The highest BCUT2D eigenvalue weighted by atomic mass is 16.4. The SMILES string of the molecule is Cc1ccc2c(c1C)NC(=O)[C@]21[NH2+][C@@H](CCC(=O)[O-])[C@H]2C(=O)N(C3CCCC3)C(=O)[C@H]21. The van der Waals surface area contributed by atoms with Gasteiger partial charge in [0.15, 0.2) is 0 Å². The molecular weight excluding hydrogens is 398 g/mol. The van der Waals surface area contributed by atoms with E-state index in [1.807, 2.05) is 26.0 Å². The van der Waals surface area contributed by atoms with E-state index in [-0.39, 0.29) is 36.6 Å². The zero-order chi connectivity index (χ0) is 22.1. The Bertz CT molecular complexity index is 1010. The number of fused-ring (bicyclic) bond motifs is 4. The van der Waals surface area contributed by atoms with Crippen molar-refractivity contribution >= 4 is 29.4 Å². The molecule has 1 aromatic rings. The molecule has 0 aromatic heterocycles. The van der Waals surface area contributed by atoms with E-state index in [9.17, 15) is 24.3 Å². The lowest BCUT2D eigenvalue weighted by Gasteiger charge is -2.29. The summed E-state index contributed by atoms with van der Waals surface area (Å²) in [5.74, 6) is -3.55. The molecule has 4 aliphatic rings. The molecule has 5 rings (SSSR count). The number of imide groups is 1. The second-order valence-electron chi connectivity index (χ2n) is 9.48. The largest absolute Gasteiger partial charge is 0.550 e. The van der Waals surface area contributed by atoms with E-state index in [2.05, 4.69) is 5.32 Å². The molecule has 0 bridgehead atoms. The number of aliphatic carboxylic acids is 1. The normalized spacial score (nSPS) is 32.1. The zero-order valence-corrected chi connectivity index (χ0v) is 17.8. The summed E-state index contributed by atoms with van der Waals surface area (Å²) < 4.78 is 0.